The van der Waals surface area contributed by atoms with Gasteiger partial charge in [0.2, 0.25) is 0 Å². The third-order valence-corrected chi connectivity index (χ3v) is 4.94. The van der Waals surface area contributed by atoms with E-state index in [4.69, 9.17) is 32.7 Å². The Morgan fingerprint density at radius 2 is 1.71 bits per heavy atom. The summed E-state index contributed by atoms with van der Waals surface area (Å²) in [6, 6.07) is 13.7. The minimum atomic E-state index is -1.29. The fourth-order valence-corrected chi connectivity index (χ4v) is 3.36. The predicted molar refractivity (Wildman–Crippen MR) is 108 cm³/mol. The third-order valence-electron chi connectivity index (χ3n) is 4.50. The third kappa shape index (κ3) is 4.01. The Hall–Kier alpha value is -2.50. The van der Waals surface area contributed by atoms with Crippen LogP contribution in [0, 0.1) is 0 Å². The lowest BCUT2D eigenvalue weighted by molar-refractivity contribution is -0.158. The molecule has 7 heteroatoms. The molecule has 146 valence electrons. The largest absolute Gasteiger partial charge is 0.477 e. The predicted octanol–water partition coefficient (Wildman–Crippen LogP) is 4.92. The zero-order chi connectivity index (χ0) is 20.5. The van der Waals surface area contributed by atoms with Crippen molar-refractivity contribution in [2.24, 2.45) is 0 Å². The quantitative estimate of drug-likeness (QED) is 0.520. The Balaban J connectivity index is 1.87. The Bertz CT molecular complexity index is 934. The van der Waals surface area contributed by atoms with Crippen LogP contribution in [-0.2, 0) is 14.3 Å². The minimum absolute atomic E-state index is 0.0561. The normalized spacial score (nSPS) is 14.8. The molecule has 0 N–H and O–H groups in total. The van der Waals surface area contributed by atoms with Crippen molar-refractivity contribution in [2.45, 2.75) is 26.3 Å². The van der Waals surface area contributed by atoms with Crippen LogP contribution in [0.4, 0.5) is 0 Å². The summed E-state index contributed by atoms with van der Waals surface area (Å²) >= 11 is 11.9. The first-order valence-electron chi connectivity index (χ1n) is 8.59. The second kappa shape index (κ2) is 7.86. The van der Waals surface area contributed by atoms with Gasteiger partial charge in [-0.15, -0.1) is 0 Å². The summed E-state index contributed by atoms with van der Waals surface area (Å²) in [5.41, 5.74) is -0.147. The molecule has 0 radical (unpaired) electrons. The number of hydrogen-bond donors (Lipinski definition) is 0. The van der Waals surface area contributed by atoms with Gasteiger partial charge in [-0.05, 0) is 44.5 Å². The van der Waals surface area contributed by atoms with Crippen LogP contribution >= 0.6 is 23.2 Å². The van der Waals surface area contributed by atoms with Gasteiger partial charge < -0.3 is 9.47 Å². The maximum absolute atomic E-state index is 13.2. The van der Waals surface area contributed by atoms with Crippen LogP contribution < -0.4 is 4.74 Å². The number of allylic oxidation sites excluding steroid dienone is 1. The van der Waals surface area contributed by atoms with Gasteiger partial charge in [0.05, 0.1) is 5.57 Å². The van der Waals surface area contributed by atoms with Crippen LogP contribution in [0.2, 0.25) is 10.0 Å². The molecule has 3 rings (SSSR count). The van der Waals surface area contributed by atoms with Crippen molar-refractivity contribution in [3.05, 3.63) is 69.9 Å². The van der Waals surface area contributed by atoms with Gasteiger partial charge in [0, 0.05) is 10.0 Å². The molecule has 2 aromatic rings. The summed E-state index contributed by atoms with van der Waals surface area (Å²) in [5, 5.41) is 0.686. The lowest BCUT2D eigenvalue weighted by Crippen LogP contribution is -2.56. The average molecular weight is 420 g/mol. The summed E-state index contributed by atoms with van der Waals surface area (Å²) in [7, 11) is 0. The first-order chi connectivity index (χ1) is 13.2. The topological polar surface area (TPSA) is 55.8 Å². The van der Waals surface area contributed by atoms with E-state index in [0.717, 1.165) is 5.56 Å². The number of esters is 1. The maximum atomic E-state index is 13.2. The molecule has 0 aromatic heterocycles. The van der Waals surface area contributed by atoms with Crippen LogP contribution in [0.15, 0.2) is 54.3 Å². The number of rotatable bonds is 4. The summed E-state index contributed by atoms with van der Waals surface area (Å²) < 4.78 is 11.1. The van der Waals surface area contributed by atoms with E-state index < -0.39 is 11.5 Å². The summed E-state index contributed by atoms with van der Waals surface area (Å²) in [6.07, 6.45) is 0. The average Bonchev–Trinajstić information content (AvgIpc) is 2.61. The summed E-state index contributed by atoms with van der Waals surface area (Å²) in [4.78, 5) is 27.4. The molecule has 1 aliphatic heterocycles. The van der Waals surface area contributed by atoms with Crippen LogP contribution in [0.1, 0.15) is 26.3 Å². The van der Waals surface area contributed by atoms with Gasteiger partial charge in [0.15, 0.2) is 6.73 Å². The molecule has 0 aliphatic carbocycles. The van der Waals surface area contributed by atoms with Gasteiger partial charge in [-0.1, -0.05) is 53.5 Å². The number of ether oxygens (including phenoxy) is 2. The van der Waals surface area contributed by atoms with Gasteiger partial charge in [-0.2, -0.15) is 0 Å². The molecule has 1 aliphatic rings. The Labute approximate surface area is 173 Å². The molecule has 0 saturated heterocycles. The lowest BCUT2D eigenvalue weighted by Gasteiger charge is -2.39. The molecule has 0 bridgehead atoms. The minimum Gasteiger partial charge on any atom is -0.477 e. The molecular weight excluding hydrogens is 401 g/mol. The van der Waals surface area contributed by atoms with E-state index in [1.54, 1.807) is 20.8 Å². The molecule has 0 fully saturated rings. The van der Waals surface area contributed by atoms with Crippen molar-refractivity contribution in [3.8, 4) is 5.75 Å². The number of benzene rings is 2. The van der Waals surface area contributed by atoms with Crippen molar-refractivity contribution in [1.82, 2.24) is 4.90 Å². The maximum Gasteiger partial charge on any atom is 0.337 e. The molecule has 28 heavy (non-hydrogen) atoms. The zero-order valence-electron chi connectivity index (χ0n) is 15.7. The standard InChI is InChI=1S/C21H19Cl2NO4/c1-13-18(14-7-5-4-6-8-14)19(25)24(12-27-13)21(2,3)20(26)28-17-10-15(22)9-16(23)11-17/h4-11H,12H2,1-3H3. The molecule has 2 aromatic carbocycles. The SMILES string of the molecule is CC1=C(c2ccccc2)C(=O)N(C(C)(C)C(=O)Oc2cc(Cl)cc(Cl)c2)CO1. The van der Waals surface area contributed by atoms with Crippen molar-refractivity contribution >= 4 is 40.7 Å². The molecular formula is C21H19Cl2NO4. The molecule has 0 unspecified atom stereocenters. The Kier molecular flexibility index (Phi) is 5.68. The van der Waals surface area contributed by atoms with E-state index >= 15 is 0 Å². The van der Waals surface area contributed by atoms with Crippen molar-refractivity contribution in [2.75, 3.05) is 6.73 Å². The summed E-state index contributed by atoms with van der Waals surface area (Å²) in [5.74, 6) is -0.218. The molecule has 0 saturated carbocycles. The number of carbonyl (C=O) groups is 2. The van der Waals surface area contributed by atoms with Gasteiger partial charge in [0.25, 0.3) is 5.91 Å². The lowest BCUT2D eigenvalue weighted by atomic mass is 9.97. The monoisotopic (exact) mass is 419 g/mol. The Morgan fingerprint density at radius 3 is 2.32 bits per heavy atom. The fraction of sp³-hybridized carbons (Fsp3) is 0.238. The number of amides is 1. The van der Waals surface area contributed by atoms with Crippen molar-refractivity contribution < 1.29 is 19.1 Å². The molecule has 1 heterocycles. The van der Waals surface area contributed by atoms with E-state index in [9.17, 15) is 9.59 Å². The smallest absolute Gasteiger partial charge is 0.337 e. The van der Waals surface area contributed by atoms with Crippen LogP contribution in [0.25, 0.3) is 5.57 Å². The highest BCUT2D eigenvalue weighted by Crippen LogP contribution is 2.32. The molecule has 1 amide bonds. The first kappa shape index (κ1) is 20.2. The van der Waals surface area contributed by atoms with E-state index in [1.165, 1.54) is 23.1 Å². The second-order valence-electron chi connectivity index (χ2n) is 6.86. The van der Waals surface area contributed by atoms with Gasteiger partial charge in [0.1, 0.15) is 17.0 Å². The molecule has 0 spiro atoms. The number of hydrogen-bond acceptors (Lipinski definition) is 4. The highest BCUT2D eigenvalue weighted by molar-refractivity contribution is 6.34. The Morgan fingerprint density at radius 1 is 1.11 bits per heavy atom. The van der Waals surface area contributed by atoms with E-state index in [1.807, 2.05) is 30.3 Å². The van der Waals surface area contributed by atoms with Gasteiger partial charge in [-0.25, -0.2) is 4.79 Å². The van der Waals surface area contributed by atoms with E-state index in [-0.39, 0.29) is 18.4 Å². The highest BCUT2D eigenvalue weighted by atomic mass is 35.5. The highest BCUT2D eigenvalue weighted by Gasteiger charge is 2.43. The number of carbonyl (C=O) groups excluding carboxylic acids is 2. The summed E-state index contributed by atoms with van der Waals surface area (Å²) in [6.45, 7) is 4.88. The second-order valence-corrected chi connectivity index (χ2v) is 7.73. The van der Waals surface area contributed by atoms with Crippen LogP contribution in [0.5, 0.6) is 5.75 Å². The van der Waals surface area contributed by atoms with E-state index in [2.05, 4.69) is 0 Å². The van der Waals surface area contributed by atoms with E-state index in [0.29, 0.717) is 21.4 Å². The van der Waals surface area contributed by atoms with Gasteiger partial charge >= 0.3 is 5.97 Å². The van der Waals surface area contributed by atoms with Crippen molar-refractivity contribution in [3.63, 3.8) is 0 Å². The van der Waals surface area contributed by atoms with Crippen LogP contribution in [0.3, 0.4) is 0 Å². The molecule has 5 nitrogen and oxygen atoms in total. The number of nitrogens with zero attached hydrogens (tertiary/aromatic N) is 1. The first-order valence-corrected chi connectivity index (χ1v) is 9.35. The molecule has 0 atom stereocenters. The van der Waals surface area contributed by atoms with Crippen LogP contribution in [-0.4, -0.2) is 29.0 Å². The fourth-order valence-electron chi connectivity index (χ4n) is 2.85. The number of halogens is 2. The van der Waals surface area contributed by atoms with Gasteiger partial charge in [-0.3, -0.25) is 9.69 Å². The van der Waals surface area contributed by atoms with Crippen molar-refractivity contribution in [1.29, 1.82) is 0 Å². The zero-order valence-corrected chi connectivity index (χ0v) is 17.2.